The molecule has 0 aliphatic heterocycles. The van der Waals surface area contributed by atoms with E-state index in [1.165, 1.54) is 5.57 Å². The molecule has 0 rings (SSSR count). The normalized spacial score (nSPS) is 14.2. The second kappa shape index (κ2) is 5.40. The molecule has 78 valence electrons. The van der Waals surface area contributed by atoms with Gasteiger partial charge in [0.15, 0.2) is 0 Å². The van der Waals surface area contributed by atoms with Gasteiger partial charge in [-0.05, 0) is 40.0 Å². The molecule has 0 heterocycles. The van der Waals surface area contributed by atoms with Gasteiger partial charge >= 0.3 is 0 Å². The molecule has 0 saturated heterocycles. The molecule has 2 N–H and O–H groups in total. The summed E-state index contributed by atoms with van der Waals surface area (Å²) in [5.41, 5.74) is 7.06. The summed E-state index contributed by atoms with van der Waals surface area (Å²) < 4.78 is 5.31. The Kier molecular flexibility index (Phi) is 5.26. The van der Waals surface area contributed by atoms with Crippen LogP contribution < -0.4 is 5.73 Å². The Bertz CT molecular complexity index is 163. The highest BCUT2D eigenvalue weighted by atomic mass is 16.5. The lowest BCUT2D eigenvalue weighted by atomic mass is 9.95. The van der Waals surface area contributed by atoms with Crippen LogP contribution in [-0.4, -0.2) is 18.8 Å². The molecule has 0 saturated carbocycles. The minimum Gasteiger partial charge on any atom is -0.379 e. The highest BCUT2D eigenvalue weighted by Gasteiger charge is 2.19. The molecule has 0 aliphatic carbocycles. The molecule has 2 heteroatoms. The van der Waals surface area contributed by atoms with Crippen LogP contribution in [0.2, 0.25) is 0 Å². The summed E-state index contributed by atoms with van der Waals surface area (Å²) in [6, 6.07) is 0.214. The van der Waals surface area contributed by atoms with Crippen molar-refractivity contribution in [2.75, 3.05) is 7.11 Å². The van der Waals surface area contributed by atoms with Gasteiger partial charge in [0.05, 0.1) is 5.60 Å². The number of nitrogens with two attached hydrogens (primary N) is 1. The molecule has 0 aliphatic rings. The van der Waals surface area contributed by atoms with Crippen molar-refractivity contribution in [3.05, 3.63) is 12.2 Å². The van der Waals surface area contributed by atoms with E-state index in [1.54, 1.807) is 7.11 Å². The second-order valence-corrected chi connectivity index (χ2v) is 4.42. The number of hydrogen-bond donors (Lipinski definition) is 1. The van der Waals surface area contributed by atoms with Gasteiger partial charge in [0, 0.05) is 13.2 Å². The van der Waals surface area contributed by atoms with E-state index in [0.717, 1.165) is 19.3 Å². The van der Waals surface area contributed by atoms with E-state index in [-0.39, 0.29) is 11.6 Å². The summed E-state index contributed by atoms with van der Waals surface area (Å²) in [5.74, 6) is 0. The maximum atomic E-state index is 5.96. The third-order valence-corrected chi connectivity index (χ3v) is 2.25. The summed E-state index contributed by atoms with van der Waals surface area (Å²) in [7, 11) is 1.73. The van der Waals surface area contributed by atoms with Crippen LogP contribution in [0.3, 0.4) is 0 Å². The zero-order valence-electron chi connectivity index (χ0n) is 9.39. The fourth-order valence-electron chi connectivity index (χ4n) is 1.25. The van der Waals surface area contributed by atoms with Gasteiger partial charge in [-0.25, -0.2) is 0 Å². The van der Waals surface area contributed by atoms with Crippen molar-refractivity contribution in [2.45, 2.75) is 51.7 Å². The zero-order chi connectivity index (χ0) is 10.5. The van der Waals surface area contributed by atoms with Crippen molar-refractivity contribution in [2.24, 2.45) is 5.73 Å². The number of hydrogen-bond acceptors (Lipinski definition) is 2. The Balaban J connectivity index is 3.73. The first kappa shape index (κ1) is 12.7. The number of allylic oxidation sites excluding steroid dienone is 1. The lowest BCUT2D eigenvalue weighted by Crippen LogP contribution is -2.33. The topological polar surface area (TPSA) is 35.2 Å². The van der Waals surface area contributed by atoms with Gasteiger partial charge in [0.1, 0.15) is 0 Å². The molecule has 1 atom stereocenters. The van der Waals surface area contributed by atoms with Crippen LogP contribution in [0.1, 0.15) is 40.0 Å². The SMILES string of the molecule is C=C(C)CCC(N)CC(C)(C)OC. The maximum absolute atomic E-state index is 5.96. The van der Waals surface area contributed by atoms with E-state index >= 15 is 0 Å². The first-order chi connectivity index (χ1) is 5.87. The largest absolute Gasteiger partial charge is 0.379 e. The van der Waals surface area contributed by atoms with Crippen molar-refractivity contribution >= 4 is 0 Å². The predicted octanol–water partition coefficient (Wildman–Crippen LogP) is 2.49. The molecular formula is C11H23NO. The molecule has 0 aromatic heterocycles. The average Bonchev–Trinajstić information content (AvgIpc) is 2.00. The minimum absolute atomic E-state index is 0.103. The molecule has 2 nitrogen and oxygen atoms in total. The third kappa shape index (κ3) is 6.79. The van der Waals surface area contributed by atoms with E-state index in [0.29, 0.717) is 0 Å². The van der Waals surface area contributed by atoms with Gasteiger partial charge in [0.25, 0.3) is 0 Å². The molecule has 0 bridgehead atoms. The fourth-order valence-corrected chi connectivity index (χ4v) is 1.25. The maximum Gasteiger partial charge on any atom is 0.0637 e. The van der Waals surface area contributed by atoms with E-state index < -0.39 is 0 Å². The summed E-state index contributed by atoms with van der Waals surface area (Å²) in [6.45, 7) is 10.0. The minimum atomic E-state index is -0.103. The smallest absolute Gasteiger partial charge is 0.0637 e. The van der Waals surface area contributed by atoms with Crippen LogP contribution >= 0.6 is 0 Å². The van der Waals surface area contributed by atoms with Crippen molar-refractivity contribution in [1.82, 2.24) is 0 Å². The van der Waals surface area contributed by atoms with Gasteiger partial charge in [-0.2, -0.15) is 0 Å². The van der Waals surface area contributed by atoms with Crippen LogP contribution in [0.15, 0.2) is 12.2 Å². The van der Waals surface area contributed by atoms with E-state index in [4.69, 9.17) is 10.5 Å². The van der Waals surface area contributed by atoms with Gasteiger partial charge in [0.2, 0.25) is 0 Å². The van der Waals surface area contributed by atoms with Gasteiger partial charge in [-0.3, -0.25) is 0 Å². The number of methoxy groups -OCH3 is 1. The van der Waals surface area contributed by atoms with Crippen LogP contribution in [0.5, 0.6) is 0 Å². The molecule has 0 amide bonds. The summed E-state index contributed by atoms with van der Waals surface area (Å²) in [4.78, 5) is 0. The summed E-state index contributed by atoms with van der Waals surface area (Å²) >= 11 is 0. The highest BCUT2D eigenvalue weighted by Crippen LogP contribution is 2.17. The van der Waals surface area contributed by atoms with Crippen LogP contribution in [-0.2, 0) is 4.74 Å². The van der Waals surface area contributed by atoms with Crippen molar-refractivity contribution in [1.29, 1.82) is 0 Å². The van der Waals surface area contributed by atoms with Crippen LogP contribution in [0, 0.1) is 0 Å². The zero-order valence-corrected chi connectivity index (χ0v) is 9.39. The molecule has 13 heavy (non-hydrogen) atoms. The summed E-state index contributed by atoms with van der Waals surface area (Å²) in [6.07, 6.45) is 2.92. The van der Waals surface area contributed by atoms with Crippen molar-refractivity contribution < 1.29 is 4.74 Å². The van der Waals surface area contributed by atoms with Gasteiger partial charge in [-0.15, -0.1) is 6.58 Å². The van der Waals surface area contributed by atoms with Crippen LogP contribution in [0.25, 0.3) is 0 Å². The monoisotopic (exact) mass is 185 g/mol. The fraction of sp³-hybridized carbons (Fsp3) is 0.818. The molecular weight excluding hydrogens is 162 g/mol. The molecule has 0 spiro atoms. The molecule has 0 radical (unpaired) electrons. The Hall–Kier alpha value is -0.340. The van der Waals surface area contributed by atoms with Crippen LogP contribution in [0.4, 0.5) is 0 Å². The van der Waals surface area contributed by atoms with Gasteiger partial charge < -0.3 is 10.5 Å². The quantitative estimate of drug-likeness (QED) is 0.645. The Morgan fingerprint density at radius 3 is 2.46 bits per heavy atom. The standard InChI is InChI=1S/C11H23NO/c1-9(2)6-7-10(12)8-11(3,4)13-5/h10H,1,6-8,12H2,2-5H3. The average molecular weight is 185 g/mol. The van der Waals surface area contributed by atoms with E-state index in [1.807, 2.05) is 6.92 Å². The highest BCUT2D eigenvalue weighted by molar-refractivity contribution is 4.89. The third-order valence-electron chi connectivity index (χ3n) is 2.25. The molecule has 0 aromatic rings. The Morgan fingerprint density at radius 2 is 2.08 bits per heavy atom. The Morgan fingerprint density at radius 1 is 1.54 bits per heavy atom. The first-order valence-corrected chi connectivity index (χ1v) is 4.82. The molecule has 0 fully saturated rings. The summed E-state index contributed by atoms with van der Waals surface area (Å²) in [5, 5.41) is 0. The molecule has 0 aromatic carbocycles. The second-order valence-electron chi connectivity index (χ2n) is 4.42. The Labute approximate surface area is 82.2 Å². The van der Waals surface area contributed by atoms with Crippen molar-refractivity contribution in [3.8, 4) is 0 Å². The van der Waals surface area contributed by atoms with E-state index in [9.17, 15) is 0 Å². The van der Waals surface area contributed by atoms with Crippen molar-refractivity contribution in [3.63, 3.8) is 0 Å². The first-order valence-electron chi connectivity index (χ1n) is 4.82. The van der Waals surface area contributed by atoms with Gasteiger partial charge in [-0.1, -0.05) is 5.57 Å². The number of rotatable bonds is 6. The number of ether oxygens (including phenoxy) is 1. The lowest BCUT2D eigenvalue weighted by molar-refractivity contribution is 0.00960. The lowest BCUT2D eigenvalue weighted by Gasteiger charge is -2.26. The predicted molar refractivity (Wildman–Crippen MR) is 57.7 cm³/mol. The van der Waals surface area contributed by atoms with E-state index in [2.05, 4.69) is 20.4 Å². The molecule has 1 unspecified atom stereocenters.